The summed E-state index contributed by atoms with van der Waals surface area (Å²) in [6.07, 6.45) is 1.52. The Labute approximate surface area is 114 Å². The zero-order valence-electron chi connectivity index (χ0n) is 9.22. The number of rotatable bonds is 4. The minimum Gasteiger partial charge on any atom is -0.506 e. The molecule has 0 saturated carbocycles. The average Bonchev–Trinajstić information content (AvgIpc) is 2.21. The van der Waals surface area contributed by atoms with Crippen molar-refractivity contribution < 1.29 is 10.0 Å². The van der Waals surface area contributed by atoms with Crippen molar-refractivity contribution in [1.82, 2.24) is 0 Å². The van der Waals surface area contributed by atoms with Crippen LogP contribution in [0.25, 0.3) is 0 Å². The Morgan fingerprint density at radius 3 is 2.65 bits per heavy atom. The van der Waals surface area contributed by atoms with Crippen LogP contribution < -0.4 is 5.73 Å². The molecule has 1 atom stereocenters. The summed E-state index contributed by atoms with van der Waals surface area (Å²) in [5, 5.41) is 20.4. The third-order valence-corrected chi connectivity index (χ3v) is 2.89. The number of aromatic hydroxyl groups is 1. The Balaban J connectivity index is 0.00000256. The van der Waals surface area contributed by atoms with E-state index in [2.05, 4.69) is 15.9 Å². The van der Waals surface area contributed by atoms with Gasteiger partial charge < -0.3 is 10.8 Å². The zero-order valence-corrected chi connectivity index (χ0v) is 11.6. The van der Waals surface area contributed by atoms with Gasteiger partial charge in [-0.05, 0) is 22.4 Å². The van der Waals surface area contributed by atoms with Crippen LogP contribution in [-0.4, -0.2) is 10.0 Å². The second-order valence-electron chi connectivity index (χ2n) is 3.52. The molecule has 96 valence electrons. The van der Waals surface area contributed by atoms with E-state index in [1.165, 1.54) is 12.1 Å². The highest BCUT2D eigenvalue weighted by Crippen LogP contribution is 2.36. The number of nitrogens with zero attached hydrogens (tertiary/aromatic N) is 1. The molecule has 0 bridgehead atoms. The number of nitro benzene ring substituents is 1. The van der Waals surface area contributed by atoms with Crippen molar-refractivity contribution in [1.29, 1.82) is 0 Å². The normalized spacial score (nSPS) is 11.7. The monoisotopic (exact) mass is 324 g/mol. The molecule has 1 aromatic carbocycles. The summed E-state index contributed by atoms with van der Waals surface area (Å²) in [6, 6.07) is 2.19. The first kappa shape index (κ1) is 16.1. The lowest BCUT2D eigenvalue weighted by atomic mass is 10.0. The number of benzene rings is 1. The molecular weight excluding hydrogens is 311 g/mol. The van der Waals surface area contributed by atoms with E-state index in [0.29, 0.717) is 16.5 Å². The third kappa shape index (κ3) is 3.83. The molecule has 1 aromatic rings. The van der Waals surface area contributed by atoms with Gasteiger partial charge in [0.05, 0.1) is 9.40 Å². The van der Waals surface area contributed by atoms with Crippen molar-refractivity contribution in [3.05, 3.63) is 32.3 Å². The first-order valence-electron chi connectivity index (χ1n) is 4.89. The zero-order chi connectivity index (χ0) is 12.3. The van der Waals surface area contributed by atoms with Crippen LogP contribution in [0.1, 0.15) is 31.4 Å². The van der Waals surface area contributed by atoms with Gasteiger partial charge in [0, 0.05) is 23.7 Å². The first-order chi connectivity index (χ1) is 7.47. The molecule has 0 amide bonds. The number of nitro groups is 1. The molecule has 0 aliphatic heterocycles. The minimum atomic E-state index is -0.508. The molecule has 0 heterocycles. The van der Waals surface area contributed by atoms with Crippen LogP contribution in [0.15, 0.2) is 16.6 Å². The Bertz CT molecular complexity index is 415. The highest BCUT2D eigenvalue weighted by Gasteiger charge is 2.18. The second kappa shape index (κ2) is 6.78. The molecular formula is C10H14BrClN2O3. The van der Waals surface area contributed by atoms with Crippen LogP contribution >= 0.6 is 28.3 Å². The van der Waals surface area contributed by atoms with Gasteiger partial charge in [0.2, 0.25) is 0 Å². The SMILES string of the molecule is CCC[C@@H](N)c1cc([N+](=O)[O-])cc(Br)c1O.Cl. The fraction of sp³-hybridized carbons (Fsp3) is 0.400. The van der Waals surface area contributed by atoms with E-state index in [9.17, 15) is 15.2 Å². The van der Waals surface area contributed by atoms with Gasteiger partial charge in [-0.25, -0.2) is 0 Å². The predicted octanol–water partition coefficient (Wildman–Crippen LogP) is 3.28. The average molecular weight is 326 g/mol. The molecule has 1 rings (SSSR count). The summed E-state index contributed by atoms with van der Waals surface area (Å²) in [5.74, 6) is -0.0217. The van der Waals surface area contributed by atoms with E-state index in [1.807, 2.05) is 6.92 Å². The molecule has 0 unspecified atom stereocenters. The Hall–Kier alpha value is -0.850. The molecule has 3 N–H and O–H groups in total. The van der Waals surface area contributed by atoms with Gasteiger partial charge in [0.25, 0.3) is 5.69 Å². The van der Waals surface area contributed by atoms with Gasteiger partial charge in [0.1, 0.15) is 5.75 Å². The number of non-ortho nitro benzene ring substituents is 1. The Morgan fingerprint density at radius 1 is 1.59 bits per heavy atom. The maximum absolute atomic E-state index is 10.7. The fourth-order valence-electron chi connectivity index (χ4n) is 1.46. The van der Waals surface area contributed by atoms with E-state index in [4.69, 9.17) is 5.73 Å². The number of hydrogen-bond donors (Lipinski definition) is 2. The summed E-state index contributed by atoms with van der Waals surface area (Å²) < 4.78 is 0.295. The number of nitrogens with two attached hydrogens (primary N) is 1. The third-order valence-electron chi connectivity index (χ3n) is 2.29. The largest absolute Gasteiger partial charge is 0.506 e. The van der Waals surface area contributed by atoms with Crippen molar-refractivity contribution in [2.75, 3.05) is 0 Å². The molecule has 0 radical (unpaired) electrons. The maximum atomic E-state index is 10.7. The number of phenols is 1. The smallest absolute Gasteiger partial charge is 0.271 e. The van der Waals surface area contributed by atoms with Crippen LogP contribution in [0.4, 0.5) is 5.69 Å². The Morgan fingerprint density at radius 2 is 2.18 bits per heavy atom. The van der Waals surface area contributed by atoms with Gasteiger partial charge >= 0.3 is 0 Å². The number of halogens is 2. The Kier molecular flexibility index (Phi) is 6.44. The van der Waals surface area contributed by atoms with Gasteiger partial charge in [-0.2, -0.15) is 0 Å². The van der Waals surface area contributed by atoms with Crippen LogP contribution in [-0.2, 0) is 0 Å². The molecule has 0 aliphatic rings. The van der Waals surface area contributed by atoms with Gasteiger partial charge in [0.15, 0.2) is 0 Å². The summed E-state index contributed by atoms with van der Waals surface area (Å²) in [7, 11) is 0. The highest BCUT2D eigenvalue weighted by molar-refractivity contribution is 9.10. The van der Waals surface area contributed by atoms with Crippen molar-refractivity contribution >= 4 is 34.0 Å². The fourth-order valence-corrected chi connectivity index (χ4v) is 1.92. The molecule has 0 spiro atoms. The predicted molar refractivity (Wildman–Crippen MR) is 71.5 cm³/mol. The van der Waals surface area contributed by atoms with Crippen molar-refractivity contribution in [3.8, 4) is 5.75 Å². The maximum Gasteiger partial charge on any atom is 0.271 e. The molecule has 0 aliphatic carbocycles. The molecule has 0 saturated heterocycles. The molecule has 7 heteroatoms. The van der Waals surface area contributed by atoms with Gasteiger partial charge in [-0.3, -0.25) is 10.1 Å². The lowest BCUT2D eigenvalue weighted by molar-refractivity contribution is -0.385. The van der Waals surface area contributed by atoms with E-state index in [-0.39, 0.29) is 29.9 Å². The topological polar surface area (TPSA) is 89.4 Å². The van der Waals surface area contributed by atoms with Gasteiger partial charge in [-0.1, -0.05) is 13.3 Å². The standard InChI is InChI=1S/C10H13BrN2O3.ClH/c1-2-3-9(12)7-4-6(13(15)16)5-8(11)10(7)14;/h4-5,9,14H,2-3,12H2,1H3;1H/t9-;/m1./s1. The summed E-state index contributed by atoms with van der Waals surface area (Å²) >= 11 is 3.07. The minimum absolute atomic E-state index is 0. The second-order valence-corrected chi connectivity index (χ2v) is 4.37. The van der Waals surface area contributed by atoms with Gasteiger partial charge in [-0.15, -0.1) is 12.4 Å². The van der Waals surface area contributed by atoms with E-state index >= 15 is 0 Å². The van der Waals surface area contributed by atoms with E-state index in [1.54, 1.807) is 0 Å². The van der Waals surface area contributed by atoms with E-state index in [0.717, 1.165) is 6.42 Å². The van der Waals surface area contributed by atoms with Crippen molar-refractivity contribution in [2.24, 2.45) is 5.73 Å². The number of hydrogen-bond acceptors (Lipinski definition) is 4. The number of phenolic OH excluding ortho intramolecular Hbond substituents is 1. The highest BCUT2D eigenvalue weighted by atomic mass is 79.9. The van der Waals surface area contributed by atoms with Crippen LogP contribution in [0.2, 0.25) is 0 Å². The molecule has 0 fully saturated rings. The summed E-state index contributed by atoms with van der Waals surface area (Å²) in [5.41, 5.74) is 6.17. The lowest BCUT2D eigenvalue weighted by Gasteiger charge is -2.13. The molecule has 17 heavy (non-hydrogen) atoms. The van der Waals surface area contributed by atoms with Crippen molar-refractivity contribution in [3.63, 3.8) is 0 Å². The molecule has 5 nitrogen and oxygen atoms in total. The van der Waals surface area contributed by atoms with Crippen LogP contribution in [0, 0.1) is 10.1 Å². The van der Waals surface area contributed by atoms with Crippen LogP contribution in [0.5, 0.6) is 5.75 Å². The molecule has 0 aromatic heterocycles. The van der Waals surface area contributed by atoms with Crippen LogP contribution in [0.3, 0.4) is 0 Å². The lowest BCUT2D eigenvalue weighted by Crippen LogP contribution is -2.10. The summed E-state index contributed by atoms with van der Waals surface area (Å²) in [6.45, 7) is 1.96. The van der Waals surface area contributed by atoms with E-state index < -0.39 is 4.92 Å². The first-order valence-corrected chi connectivity index (χ1v) is 5.69. The van der Waals surface area contributed by atoms with Crippen molar-refractivity contribution in [2.45, 2.75) is 25.8 Å². The quantitative estimate of drug-likeness (QED) is 0.656. The summed E-state index contributed by atoms with van der Waals surface area (Å²) in [4.78, 5) is 10.2.